The Labute approximate surface area is 133 Å². The van der Waals surface area contributed by atoms with E-state index >= 15 is 0 Å². The van der Waals surface area contributed by atoms with Crippen molar-refractivity contribution in [2.45, 2.75) is 6.92 Å². The Morgan fingerprint density at radius 1 is 1.13 bits per heavy atom. The normalized spacial score (nSPS) is 15.3. The van der Waals surface area contributed by atoms with E-state index in [0.29, 0.717) is 13.2 Å². The second kappa shape index (κ2) is 5.51. The van der Waals surface area contributed by atoms with E-state index in [1.54, 1.807) is 12.3 Å². The third-order valence-electron chi connectivity index (χ3n) is 3.87. The predicted octanol–water partition coefficient (Wildman–Crippen LogP) is 1.64. The van der Waals surface area contributed by atoms with Gasteiger partial charge in [-0.15, -0.1) is 0 Å². The number of aryl methyl sites for hydroxylation is 1. The Morgan fingerprint density at radius 2 is 1.96 bits per heavy atom. The van der Waals surface area contributed by atoms with E-state index in [4.69, 9.17) is 9.72 Å². The zero-order valence-corrected chi connectivity index (χ0v) is 12.8. The molecule has 0 spiro atoms. The zero-order valence-electron chi connectivity index (χ0n) is 12.8. The van der Waals surface area contributed by atoms with Crippen molar-refractivity contribution < 1.29 is 9.84 Å². The summed E-state index contributed by atoms with van der Waals surface area (Å²) in [6.07, 6.45) is 6.99. The second-order valence-electron chi connectivity index (χ2n) is 5.59. The van der Waals surface area contributed by atoms with Gasteiger partial charge in [0.25, 0.3) is 0 Å². The first-order chi connectivity index (χ1) is 11.2. The molecule has 4 heterocycles. The van der Waals surface area contributed by atoms with E-state index in [9.17, 15) is 5.11 Å². The van der Waals surface area contributed by atoms with Gasteiger partial charge in [-0.2, -0.15) is 0 Å². The molecule has 0 aromatic carbocycles. The Bertz CT molecular complexity index is 855. The Hall–Kier alpha value is -2.67. The molecule has 4 rings (SSSR count). The number of aromatic nitrogens is 4. The summed E-state index contributed by atoms with van der Waals surface area (Å²) in [5.41, 5.74) is 3.29. The molecule has 0 unspecified atom stereocenters. The van der Waals surface area contributed by atoms with Crippen LogP contribution in [0.2, 0.25) is 0 Å². The fraction of sp³-hybridized carbons (Fsp3) is 0.312. The van der Waals surface area contributed by atoms with Crippen molar-refractivity contribution in [3.05, 3.63) is 36.5 Å². The van der Waals surface area contributed by atoms with E-state index in [-0.39, 0.29) is 5.75 Å². The molecule has 0 atom stereocenters. The van der Waals surface area contributed by atoms with Crippen molar-refractivity contribution in [3.8, 4) is 17.0 Å². The summed E-state index contributed by atoms with van der Waals surface area (Å²) in [6.45, 7) is 4.91. The summed E-state index contributed by atoms with van der Waals surface area (Å²) in [6, 6.07) is 1.66. The van der Waals surface area contributed by atoms with E-state index in [0.717, 1.165) is 41.5 Å². The van der Waals surface area contributed by atoms with Crippen molar-refractivity contribution in [1.82, 2.24) is 19.4 Å². The smallest absolute Gasteiger partial charge is 0.180 e. The van der Waals surface area contributed by atoms with Gasteiger partial charge < -0.3 is 19.1 Å². The lowest BCUT2D eigenvalue weighted by Crippen LogP contribution is -2.37. The number of pyridine rings is 1. The third kappa shape index (κ3) is 2.59. The molecule has 1 aliphatic heterocycles. The molecule has 0 bridgehead atoms. The van der Waals surface area contributed by atoms with Crippen LogP contribution in [0.15, 0.2) is 30.9 Å². The van der Waals surface area contributed by atoms with Gasteiger partial charge in [0, 0.05) is 37.2 Å². The molecule has 1 N–H and O–H groups in total. The van der Waals surface area contributed by atoms with Crippen LogP contribution in [0.1, 0.15) is 5.69 Å². The molecule has 0 amide bonds. The van der Waals surface area contributed by atoms with Crippen LogP contribution >= 0.6 is 0 Å². The number of hydrogen-bond donors (Lipinski definition) is 1. The maximum absolute atomic E-state index is 9.67. The fourth-order valence-electron chi connectivity index (χ4n) is 2.80. The first-order valence-electron chi connectivity index (χ1n) is 7.54. The Kier molecular flexibility index (Phi) is 3.34. The Balaban J connectivity index is 1.89. The number of hydrogen-bond acceptors (Lipinski definition) is 6. The van der Waals surface area contributed by atoms with Crippen LogP contribution in [0.25, 0.3) is 16.9 Å². The molecule has 7 nitrogen and oxygen atoms in total. The Morgan fingerprint density at radius 3 is 2.74 bits per heavy atom. The summed E-state index contributed by atoms with van der Waals surface area (Å²) in [4.78, 5) is 15.6. The number of anilines is 1. The number of rotatable bonds is 2. The number of ether oxygens (including phenoxy) is 1. The minimum absolute atomic E-state index is 0.124. The average Bonchev–Trinajstić information content (AvgIpc) is 2.95. The van der Waals surface area contributed by atoms with Crippen molar-refractivity contribution in [2.75, 3.05) is 31.2 Å². The van der Waals surface area contributed by atoms with Crippen LogP contribution < -0.4 is 4.90 Å². The molecule has 3 aromatic rings. The molecule has 3 aromatic heterocycles. The van der Waals surface area contributed by atoms with E-state index in [1.165, 1.54) is 6.20 Å². The molecule has 118 valence electrons. The summed E-state index contributed by atoms with van der Waals surface area (Å²) in [5, 5.41) is 9.67. The van der Waals surface area contributed by atoms with Crippen LogP contribution in [0.4, 0.5) is 5.82 Å². The zero-order chi connectivity index (χ0) is 15.8. The van der Waals surface area contributed by atoms with Gasteiger partial charge >= 0.3 is 0 Å². The van der Waals surface area contributed by atoms with Crippen molar-refractivity contribution >= 4 is 11.5 Å². The maximum atomic E-state index is 9.67. The first kappa shape index (κ1) is 14.0. The third-order valence-corrected chi connectivity index (χ3v) is 3.87. The number of aromatic hydroxyl groups is 1. The lowest BCUT2D eigenvalue weighted by molar-refractivity contribution is 0.122. The second-order valence-corrected chi connectivity index (χ2v) is 5.59. The van der Waals surface area contributed by atoms with Crippen molar-refractivity contribution in [2.24, 2.45) is 0 Å². The van der Waals surface area contributed by atoms with Crippen LogP contribution in [0.5, 0.6) is 5.75 Å². The summed E-state index contributed by atoms with van der Waals surface area (Å²) >= 11 is 0. The highest BCUT2D eigenvalue weighted by atomic mass is 16.5. The molecule has 0 radical (unpaired) electrons. The quantitative estimate of drug-likeness (QED) is 0.775. The van der Waals surface area contributed by atoms with Crippen LogP contribution in [-0.2, 0) is 4.74 Å². The van der Waals surface area contributed by atoms with E-state index in [2.05, 4.69) is 14.9 Å². The summed E-state index contributed by atoms with van der Waals surface area (Å²) in [5.74, 6) is 0.960. The fourth-order valence-corrected chi connectivity index (χ4v) is 2.80. The molecule has 1 fully saturated rings. The summed E-state index contributed by atoms with van der Waals surface area (Å²) in [7, 11) is 0. The largest absolute Gasteiger partial charge is 0.506 e. The molecule has 1 aliphatic rings. The first-order valence-corrected chi connectivity index (χ1v) is 7.54. The highest BCUT2D eigenvalue weighted by molar-refractivity contribution is 5.70. The van der Waals surface area contributed by atoms with Crippen molar-refractivity contribution in [3.63, 3.8) is 0 Å². The van der Waals surface area contributed by atoms with Gasteiger partial charge in [0.1, 0.15) is 5.75 Å². The van der Waals surface area contributed by atoms with Gasteiger partial charge in [0.2, 0.25) is 0 Å². The SMILES string of the molecule is Cc1cn2cc(-c3cncc(O)c3)nc(N3CCOCC3)c2n1. The van der Waals surface area contributed by atoms with Gasteiger partial charge in [0.15, 0.2) is 11.5 Å². The monoisotopic (exact) mass is 311 g/mol. The van der Waals surface area contributed by atoms with Crippen LogP contribution in [-0.4, -0.2) is 50.8 Å². The standard InChI is InChI=1S/C16H17N5O2/c1-11-9-21-10-14(12-6-13(22)8-17-7-12)19-16(15(21)18-11)20-2-4-23-5-3-20/h6-10,22H,2-5H2,1H3. The highest BCUT2D eigenvalue weighted by Crippen LogP contribution is 2.26. The molecule has 1 saturated heterocycles. The lowest BCUT2D eigenvalue weighted by Gasteiger charge is -2.28. The van der Waals surface area contributed by atoms with Gasteiger partial charge in [0.05, 0.1) is 30.8 Å². The maximum Gasteiger partial charge on any atom is 0.180 e. The molecule has 7 heteroatoms. The van der Waals surface area contributed by atoms with Gasteiger partial charge in [-0.25, -0.2) is 9.97 Å². The van der Waals surface area contributed by atoms with Crippen LogP contribution in [0.3, 0.4) is 0 Å². The molecular weight excluding hydrogens is 294 g/mol. The van der Waals surface area contributed by atoms with Gasteiger partial charge in [-0.05, 0) is 13.0 Å². The van der Waals surface area contributed by atoms with Gasteiger partial charge in [-0.1, -0.05) is 0 Å². The number of imidazole rings is 1. The molecule has 0 saturated carbocycles. The minimum Gasteiger partial charge on any atom is -0.506 e. The molecule has 0 aliphatic carbocycles. The number of morpholine rings is 1. The highest BCUT2D eigenvalue weighted by Gasteiger charge is 2.19. The van der Waals surface area contributed by atoms with E-state index < -0.39 is 0 Å². The molecular formula is C16H17N5O2. The number of nitrogens with zero attached hydrogens (tertiary/aromatic N) is 5. The van der Waals surface area contributed by atoms with Crippen molar-refractivity contribution in [1.29, 1.82) is 0 Å². The minimum atomic E-state index is 0.124. The summed E-state index contributed by atoms with van der Waals surface area (Å²) < 4.78 is 7.41. The lowest BCUT2D eigenvalue weighted by atomic mass is 10.2. The predicted molar refractivity (Wildman–Crippen MR) is 85.7 cm³/mol. The topological polar surface area (TPSA) is 75.8 Å². The van der Waals surface area contributed by atoms with E-state index in [1.807, 2.05) is 23.7 Å². The molecule has 23 heavy (non-hydrogen) atoms. The average molecular weight is 311 g/mol. The van der Waals surface area contributed by atoms with Crippen LogP contribution in [0, 0.1) is 6.92 Å². The number of fused-ring (bicyclic) bond motifs is 1. The van der Waals surface area contributed by atoms with Gasteiger partial charge in [-0.3, -0.25) is 4.98 Å².